The first-order chi connectivity index (χ1) is 8.88. The van der Waals surface area contributed by atoms with Gasteiger partial charge in [-0.1, -0.05) is 52.4 Å². The number of rotatable bonds is 9. The molecule has 1 aliphatic rings. The first kappa shape index (κ1) is 14.9. The second-order valence-electron chi connectivity index (χ2n) is 4.94. The molecule has 0 aliphatic carbocycles. The minimum Gasteiger partial charge on any atom is -0.198 e. The lowest BCUT2D eigenvalue weighted by atomic mass is 9.93. The molecular weight excluding hydrogens is 222 g/mol. The Morgan fingerprint density at radius 2 is 1.89 bits per heavy atom. The van der Waals surface area contributed by atoms with Gasteiger partial charge in [-0.25, -0.2) is 0 Å². The molecule has 0 saturated heterocycles. The summed E-state index contributed by atoms with van der Waals surface area (Å²) < 4.78 is 0. The van der Waals surface area contributed by atoms with E-state index in [-0.39, 0.29) is 0 Å². The van der Waals surface area contributed by atoms with Crippen molar-refractivity contribution in [2.75, 3.05) is 0 Å². The zero-order valence-corrected chi connectivity index (χ0v) is 11.9. The van der Waals surface area contributed by atoms with E-state index in [4.69, 9.17) is 0 Å². The van der Waals surface area contributed by atoms with Crippen LogP contribution in [0.4, 0.5) is 0 Å². The van der Waals surface area contributed by atoms with E-state index in [1.807, 2.05) is 6.08 Å². The Morgan fingerprint density at radius 1 is 1.11 bits per heavy atom. The maximum Gasteiger partial charge on any atom is 0.0655 e. The molecule has 102 valence electrons. The number of unbranched alkanes of at least 4 members (excludes halogenated alkanes) is 5. The van der Waals surface area contributed by atoms with Gasteiger partial charge >= 0.3 is 0 Å². The number of nitrogens with zero attached hydrogens (tertiary/aromatic N) is 2. The van der Waals surface area contributed by atoms with E-state index < -0.39 is 0 Å². The summed E-state index contributed by atoms with van der Waals surface area (Å²) in [6, 6.07) is 0. The average Bonchev–Trinajstić information content (AvgIpc) is 2.67. The smallest absolute Gasteiger partial charge is 0.0655 e. The molecule has 1 unspecified atom stereocenters. The number of hydrazone groups is 2. The third-order valence-corrected chi connectivity index (χ3v) is 3.48. The van der Waals surface area contributed by atoms with Gasteiger partial charge in [-0.3, -0.25) is 0 Å². The SMILES string of the molecule is CCCCCCCCC(CC)C1=NNN=CC=C1. The third-order valence-electron chi connectivity index (χ3n) is 3.48. The molecule has 1 heterocycles. The van der Waals surface area contributed by atoms with E-state index in [0.717, 1.165) is 12.1 Å². The van der Waals surface area contributed by atoms with Crippen molar-refractivity contribution in [1.29, 1.82) is 0 Å². The van der Waals surface area contributed by atoms with Crippen LogP contribution in [0, 0.1) is 5.92 Å². The van der Waals surface area contributed by atoms with E-state index >= 15 is 0 Å². The molecule has 1 atom stereocenters. The van der Waals surface area contributed by atoms with Crippen LogP contribution in [0.15, 0.2) is 22.4 Å². The minimum atomic E-state index is 0.571. The quantitative estimate of drug-likeness (QED) is 0.609. The molecule has 0 aromatic heterocycles. The van der Waals surface area contributed by atoms with Gasteiger partial charge in [0.05, 0.1) is 5.71 Å². The van der Waals surface area contributed by atoms with Gasteiger partial charge in [-0.05, 0) is 25.0 Å². The highest BCUT2D eigenvalue weighted by Gasteiger charge is 2.12. The fraction of sp³-hybridized carbons (Fsp3) is 0.733. The summed E-state index contributed by atoms with van der Waals surface area (Å²) in [6.45, 7) is 4.50. The highest BCUT2D eigenvalue weighted by Crippen LogP contribution is 2.17. The monoisotopic (exact) mass is 249 g/mol. The Labute approximate surface area is 111 Å². The first-order valence-corrected chi connectivity index (χ1v) is 7.40. The molecule has 0 fully saturated rings. The Kier molecular flexibility index (Phi) is 8.19. The minimum absolute atomic E-state index is 0.571. The van der Waals surface area contributed by atoms with E-state index in [1.54, 1.807) is 6.21 Å². The van der Waals surface area contributed by atoms with Gasteiger partial charge in [0.15, 0.2) is 0 Å². The Balaban J connectivity index is 2.23. The standard InChI is InChI=1S/C15H27N3/c1-3-5-6-7-8-9-11-14(4-2)15-12-10-13-16-18-17-15/h10,12-14,18H,3-9,11H2,1-2H3. The Bertz CT molecular complexity index is 292. The van der Waals surface area contributed by atoms with Crippen LogP contribution in [0.2, 0.25) is 0 Å². The van der Waals surface area contributed by atoms with Gasteiger partial charge in [0, 0.05) is 12.1 Å². The van der Waals surface area contributed by atoms with Gasteiger partial charge < -0.3 is 0 Å². The van der Waals surface area contributed by atoms with Gasteiger partial charge in [-0.2, -0.15) is 15.7 Å². The molecule has 0 saturated carbocycles. The fourth-order valence-electron chi connectivity index (χ4n) is 2.30. The molecular formula is C15H27N3. The summed E-state index contributed by atoms with van der Waals surface area (Å²) in [4.78, 5) is 0. The lowest BCUT2D eigenvalue weighted by molar-refractivity contribution is 0.526. The van der Waals surface area contributed by atoms with Crippen LogP contribution in [-0.2, 0) is 0 Å². The van der Waals surface area contributed by atoms with Gasteiger partial charge in [0.25, 0.3) is 0 Å². The summed E-state index contributed by atoms with van der Waals surface area (Å²) in [7, 11) is 0. The molecule has 1 N–H and O–H groups in total. The summed E-state index contributed by atoms with van der Waals surface area (Å²) in [5.41, 5.74) is 3.87. The number of hydrogen-bond acceptors (Lipinski definition) is 3. The summed E-state index contributed by atoms with van der Waals surface area (Å²) >= 11 is 0. The van der Waals surface area contributed by atoms with Crippen molar-refractivity contribution in [3.8, 4) is 0 Å². The lowest BCUT2D eigenvalue weighted by Gasteiger charge is -2.14. The van der Waals surface area contributed by atoms with Crippen molar-refractivity contribution in [2.24, 2.45) is 16.1 Å². The number of allylic oxidation sites excluding steroid dienone is 2. The maximum absolute atomic E-state index is 4.30. The Hall–Kier alpha value is -1.12. The van der Waals surface area contributed by atoms with Crippen LogP contribution in [0.5, 0.6) is 0 Å². The zero-order valence-electron chi connectivity index (χ0n) is 11.9. The van der Waals surface area contributed by atoms with E-state index in [1.165, 1.54) is 44.9 Å². The van der Waals surface area contributed by atoms with Crippen molar-refractivity contribution < 1.29 is 0 Å². The lowest BCUT2D eigenvalue weighted by Crippen LogP contribution is -2.14. The van der Waals surface area contributed by atoms with Crippen molar-refractivity contribution in [2.45, 2.75) is 65.2 Å². The third kappa shape index (κ3) is 5.99. The topological polar surface area (TPSA) is 36.8 Å². The molecule has 0 bridgehead atoms. The van der Waals surface area contributed by atoms with Gasteiger partial charge in [0.2, 0.25) is 0 Å². The predicted molar refractivity (Wildman–Crippen MR) is 80.0 cm³/mol. The second kappa shape index (κ2) is 9.86. The average molecular weight is 249 g/mol. The predicted octanol–water partition coefficient (Wildman–Crippen LogP) is 4.26. The summed E-state index contributed by atoms with van der Waals surface area (Å²) in [6.07, 6.45) is 16.3. The van der Waals surface area contributed by atoms with E-state index in [2.05, 4.69) is 35.7 Å². The van der Waals surface area contributed by atoms with E-state index in [9.17, 15) is 0 Å². The molecule has 0 aromatic carbocycles. The highest BCUT2D eigenvalue weighted by molar-refractivity contribution is 5.99. The van der Waals surface area contributed by atoms with Crippen LogP contribution in [-0.4, -0.2) is 11.9 Å². The van der Waals surface area contributed by atoms with Crippen LogP contribution >= 0.6 is 0 Å². The van der Waals surface area contributed by atoms with Gasteiger partial charge in [-0.15, -0.1) is 0 Å². The van der Waals surface area contributed by atoms with Crippen molar-refractivity contribution in [3.63, 3.8) is 0 Å². The molecule has 3 nitrogen and oxygen atoms in total. The molecule has 1 aliphatic heterocycles. The molecule has 0 radical (unpaired) electrons. The number of nitrogens with one attached hydrogen (secondary N) is 1. The molecule has 0 amide bonds. The molecule has 18 heavy (non-hydrogen) atoms. The normalized spacial score (nSPS) is 16.0. The highest BCUT2D eigenvalue weighted by atomic mass is 15.5. The zero-order chi connectivity index (χ0) is 13.1. The van der Waals surface area contributed by atoms with Crippen LogP contribution in [0.1, 0.15) is 65.2 Å². The molecule has 0 aromatic rings. The molecule has 1 rings (SSSR count). The second-order valence-corrected chi connectivity index (χ2v) is 4.94. The summed E-state index contributed by atoms with van der Waals surface area (Å²) in [5, 5.41) is 8.22. The largest absolute Gasteiger partial charge is 0.198 e. The maximum atomic E-state index is 4.30. The Morgan fingerprint density at radius 3 is 2.67 bits per heavy atom. The molecule has 0 spiro atoms. The fourth-order valence-corrected chi connectivity index (χ4v) is 2.30. The molecule has 3 heteroatoms. The van der Waals surface area contributed by atoms with Crippen molar-refractivity contribution >= 4 is 11.9 Å². The van der Waals surface area contributed by atoms with Crippen molar-refractivity contribution in [3.05, 3.63) is 12.2 Å². The van der Waals surface area contributed by atoms with Crippen molar-refractivity contribution in [1.82, 2.24) is 5.53 Å². The van der Waals surface area contributed by atoms with Crippen LogP contribution in [0.25, 0.3) is 0 Å². The summed E-state index contributed by atoms with van der Waals surface area (Å²) in [5.74, 6) is 0.571. The van der Waals surface area contributed by atoms with Crippen LogP contribution < -0.4 is 5.53 Å². The number of hydrogen-bond donors (Lipinski definition) is 1. The first-order valence-electron chi connectivity index (χ1n) is 7.40. The van der Waals surface area contributed by atoms with E-state index in [0.29, 0.717) is 5.92 Å². The van der Waals surface area contributed by atoms with Gasteiger partial charge in [0.1, 0.15) is 0 Å². The van der Waals surface area contributed by atoms with Crippen LogP contribution in [0.3, 0.4) is 0 Å².